The van der Waals surface area contributed by atoms with E-state index in [4.69, 9.17) is 0 Å². The average molecular weight is 441 g/mol. The normalized spacial score (nSPS) is 18.2. The van der Waals surface area contributed by atoms with Crippen LogP contribution >= 0.6 is 0 Å². The van der Waals surface area contributed by atoms with Crippen molar-refractivity contribution in [1.29, 1.82) is 0 Å². The maximum atomic E-state index is 12.4. The molecule has 0 radical (unpaired) electrons. The number of amides is 2. The largest absolute Gasteiger partial charge is 0.369 e. The third-order valence-corrected chi connectivity index (χ3v) is 5.12. The van der Waals surface area contributed by atoms with Gasteiger partial charge >= 0.3 is 0 Å². The number of carbonyl (C=O) groups is 2. The molecule has 1 aliphatic heterocycles. The molecule has 3 rings (SSSR count). The molecule has 2 aromatic rings. The van der Waals surface area contributed by atoms with Gasteiger partial charge in [0.1, 0.15) is 23.0 Å². The molecule has 172 valence electrons. The van der Waals surface area contributed by atoms with Gasteiger partial charge in [-0.3, -0.25) is 9.59 Å². The third kappa shape index (κ3) is 7.47. The van der Waals surface area contributed by atoms with Crippen molar-refractivity contribution in [2.75, 3.05) is 77.1 Å². The van der Waals surface area contributed by atoms with Crippen LogP contribution in [0.4, 0.5) is 11.6 Å². The molecule has 4 bridgehead atoms. The Morgan fingerprint density at radius 2 is 1.00 bits per heavy atom. The van der Waals surface area contributed by atoms with Gasteiger partial charge in [0.25, 0.3) is 11.8 Å². The molecule has 0 saturated heterocycles. The molecule has 0 aliphatic carbocycles. The van der Waals surface area contributed by atoms with Crippen molar-refractivity contribution in [3.05, 3.63) is 47.8 Å². The lowest BCUT2D eigenvalue weighted by Crippen LogP contribution is -2.38. The van der Waals surface area contributed by atoms with Gasteiger partial charge in [-0.15, -0.1) is 0 Å². The van der Waals surface area contributed by atoms with Gasteiger partial charge in [-0.05, 0) is 38.4 Å². The number of carbonyl (C=O) groups excluding carboxylic acids is 2. The molecular weight excluding hydrogens is 408 g/mol. The predicted molar refractivity (Wildman–Crippen MR) is 125 cm³/mol. The molecule has 0 spiro atoms. The second-order valence-corrected chi connectivity index (χ2v) is 7.79. The summed E-state index contributed by atoms with van der Waals surface area (Å²) in [6.45, 7) is 5.31. The van der Waals surface area contributed by atoms with Crippen molar-refractivity contribution in [3.63, 3.8) is 0 Å². The number of likely N-dealkylation sites (N-methyl/N-ethyl adjacent to an activating group) is 2. The number of nitrogens with zero attached hydrogens (tertiary/aromatic N) is 4. The van der Waals surface area contributed by atoms with E-state index in [9.17, 15) is 9.59 Å². The topological polar surface area (TPSA) is 115 Å². The van der Waals surface area contributed by atoms with Crippen LogP contribution in [-0.2, 0) is 0 Å². The second kappa shape index (κ2) is 12.0. The summed E-state index contributed by atoms with van der Waals surface area (Å²) in [4.78, 5) is 37.9. The number of nitrogens with one attached hydrogen (secondary N) is 4. The van der Waals surface area contributed by atoms with Crippen LogP contribution in [0.1, 0.15) is 21.0 Å². The zero-order valence-corrected chi connectivity index (χ0v) is 18.7. The van der Waals surface area contributed by atoms with Crippen LogP contribution in [0.15, 0.2) is 36.4 Å². The van der Waals surface area contributed by atoms with Crippen LogP contribution in [0, 0.1) is 0 Å². The highest BCUT2D eigenvalue weighted by atomic mass is 16.2. The fourth-order valence-electron chi connectivity index (χ4n) is 3.19. The molecule has 10 heteroatoms. The first-order chi connectivity index (χ1) is 15.5. The van der Waals surface area contributed by atoms with Crippen molar-refractivity contribution in [2.45, 2.75) is 0 Å². The van der Waals surface area contributed by atoms with E-state index in [1.54, 1.807) is 12.1 Å². The minimum Gasteiger partial charge on any atom is -0.369 e. The standard InChI is InChI=1S/C22H32N8O2/c1-29-13-9-23-19-7-3-5-17(27-19)21(31)25-11-15-30(2)16-12-26-22(32)18-6-4-8-20(28-18)24-10-14-29/h3-8H,9-16H2,1-2H3,(H,23,27)(H,24,28)(H,25,31)(H,26,32). The minimum absolute atomic E-state index is 0.202. The van der Waals surface area contributed by atoms with E-state index in [0.717, 1.165) is 13.1 Å². The van der Waals surface area contributed by atoms with E-state index in [1.165, 1.54) is 0 Å². The summed E-state index contributed by atoms with van der Waals surface area (Å²) in [5.41, 5.74) is 0.775. The van der Waals surface area contributed by atoms with Crippen molar-refractivity contribution < 1.29 is 9.59 Å². The van der Waals surface area contributed by atoms with Crippen LogP contribution in [-0.4, -0.2) is 98.0 Å². The first-order valence-electron chi connectivity index (χ1n) is 10.9. The van der Waals surface area contributed by atoms with E-state index < -0.39 is 0 Å². The molecule has 3 heterocycles. The van der Waals surface area contributed by atoms with Crippen molar-refractivity contribution in [2.24, 2.45) is 0 Å². The van der Waals surface area contributed by atoms with Crippen LogP contribution in [0.3, 0.4) is 0 Å². The highest BCUT2D eigenvalue weighted by Gasteiger charge is 2.11. The Balaban J connectivity index is 1.64. The molecule has 0 fully saturated rings. The number of anilines is 2. The van der Waals surface area contributed by atoms with Crippen molar-refractivity contribution >= 4 is 23.5 Å². The lowest BCUT2D eigenvalue weighted by Gasteiger charge is -2.18. The minimum atomic E-state index is -0.202. The molecule has 10 nitrogen and oxygen atoms in total. The van der Waals surface area contributed by atoms with Gasteiger partial charge in [-0.25, -0.2) is 9.97 Å². The molecule has 0 aromatic carbocycles. The maximum Gasteiger partial charge on any atom is 0.270 e. The summed E-state index contributed by atoms with van der Waals surface area (Å²) in [6, 6.07) is 10.8. The Bertz CT molecular complexity index is 836. The first-order valence-corrected chi connectivity index (χ1v) is 10.9. The predicted octanol–water partition coefficient (Wildman–Crippen LogP) is 0.337. The van der Waals surface area contributed by atoms with Gasteiger partial charge < -0.3 is 31.1 Å². The average Bonchev–Trinajstić information content (AvgIpc) is 2.79. The van der Waals surface area contributed by atoms with Gasteiger partial charge in [0, 0.05) is 52.4 Å². The molecule has 4 N–H and O–H groups in total. The Kier molecular flexibility index (Phi) is 8.76. The summed E-state index contributed by atoms with van der Waals surface area (Å²) < 4.78 is 0. The molecular formula is C22H32N8O2. The van der Waals surface area contributed by atoms with Crippen LogP contribution in [0.5, 0.6) is 0 Å². The molecule has 0 unspecified atom stereocenters. The van der Waals surface area contributed by atoms with Crippen molar-refractivity contribution in [3.8, 4) is 0 Å². The molecule has 32 heavy (non-hydrogen) atoms. The number of rotatable bonds is 0. The molecule has 2 aromatic heterocycles. The Hall–Kier alpha value is -3.24. The Morgan fingerprint density at radius 1 is 0.625 bits per heavy atom. The number of pyridine rings is 2. The van der Waals surface area contributed by atoms with Gasteiger partial charge in [-0.1, -0.05) is 12.1 Å². The summed E-state index contributed by atoms with van der Waals surface area (Å²) in [5, 5.41) is 12.3. The fourth-order valence-corrected chi connectivity index (χ4v) is 3.19. The number of hydrogen-bond donors (Lipinski definition) is 4. The SMILES string of the molecule is CN1CCNC(=O)c2cccc(n2)NCCN(C)CCNc2cccc(n2)C(=O)NCC1. The highest BCUT2D eigenvalue weighted by Crippen LogP contribution is 2.06. The maximum absolute atomic E-state index is 12.4. The first kappa shape index (κ1) is 23.4. The van der Waals surface area contributed by atoms with Crippen LogP contribution < -0.4 is 21.3 Å². The smallest absolute Gasteiger partial charge is 0.270 e. The van der Waals surface area contributed by atoms with E-state index in [2.05, 4.69) is 36.1 Å². The summed E-state index contributed by atoms with van der Waals surface area (Å²) in [7, 11) is 3.98. The highest BCUT2D eigenvalue weighted by molar-refractivity contribution is 5.93. The number of hydrogen-bond acceptors (Lipinski definition) is 8. The quantitative estimate of drug-likeness (QED) is 0.464. The summed E-state index contributed by atoms with van der Waals surface area (Å²) in [6.07, 6.45) is 0. The summed E-state index contributed by atoms with van der Waals surface area (Å²) in [5.74, 6) is 0.957. The zero-order valence-electron chi connectivity index (χ0n) is 18.7. The van der Waals surface area contributed by atoms with Crippen molar-refractivity contribution in [1.82, 2.24) is 30.4 Å². The van der Waals surface area contributed by atoms with Crippen LogP contribution in [0.25, 0.3) is 0 Å². The molecule has 2 amide bonds. The Morgan fingerprint density at radius 3 is 1.41 bits per heavy atom. The third-order valence-electron chi connectivity index (χ3n) is 5.12. The number of fused-ring (bicyclic) bond motifs is 4. The lowest BCUT2D eigenvalue weighted by molar-refractivity contribution is 0.0943. The van der Waals surface area contributed by atoms with Crippen LogP contribution in [0.2, 0.25) is 0 Å². The Labute approximate surface area is 188 Å². The summed E-state index contributed by atoms with van der Waals surface area (Å²) >= 11 is 0. The van der Waals surface area contributed by atoms with Gasteiger partial charge in [-0.2, -0.15) is 0 Å². The van der Waals surface area contributed by atoms with Gasteiger partial charge in [0.2, 0.25) is 0 Å². The van der Waals surface area contributed by atoms with Gasteiger partial charge in [0.05, 0.1) is 0 Å². The zero-order chi connectivity index (χ0) is 22.8. The molecule has 0 saturated carbocycles. The van der Waals surface area contributed by atoms with E-state index in [1.807, 2.05) is 43.3 Å². The fraction of sp³-hybridized carbons (Fsp3) is 0.455. The van der Waals surface area contributed by atoms with Gasteiger partial charge in [0.15, 0.2) is 0 Å². The van der Waals surface area contributed by atoms with E-state index in [-0.39, 0.29) is 11.8 Å². The molecule has 1 aliphatic rings. The number of aromatic nitrogens is 2. The second-order valence-electron chi connectivity index (χ2n) is 7.79. The van der Waals surface area contributed by atoms with E-state index in [0.29, 0.717) is 62.3 Å². The molecule has 0 atom stereocenters. The lowest BCUT2D eigenvalue weighted by atomic mass is 10.3. The van der Waals surface area contributed by atoms with E-state index >= 15 is 0 Å². The monoisotopic (exact) mass is 440 g/mol.